The van der Waals surface area contributed by atoms with Crippen LogP contribution in [0.1, 0.15) is 11.1 Å². The summed E-state index contributed by atoms with van der Waals surface area (Å²) in [4.78, 5) is 36.4. The van der Waals surface area contributed by atoms with Gasteiger partial charge in [0.2, 0.25) is 0 Å². The molecular weight excluding hydrogens is 455 g/mol. The van der Waals surface area contributed by atoms with Gasteiger partial charge in [-0.1, -0.05) is 53.0 Å². The molecule has 3 rings (SSSR count). The fourth-order valence-electron chi connectivity index (χ4n) is 2.64. The molecule has 2 aromatic rings. The molecule has 0 atom stereocenters. The molecule has 0 unspecified atom stereocenters. The van der Waals surface area contributed by atoms with Crippen molar-refractivity contribution in [3.8, 4) is 5.75 Å². The number of carbonyl (C=O) groups excluding carboxylic acids is 3. The van der Waals surface area contributed by atoms with E-state index in [1.165, 1.54) is 18.2 Å². The SMILES string of the molecule is COC(=O)CN1C(=O)N/C(=C/c2cc(Cl)c(OCc3ccccc3Cl)c(Cl)c2)C1=O. The van der Waals surface area contributed by atoms with E-state index in [2.05, 4.69) is 10.1 Å². The van der Waals surface area contributed by atoms with Crippen LogP contribution in [-0.4, -0.2) is 36.5 Å². The number of esters is 1. The van der Waals surface area contributed by atoms with E-state index in [-0.39, 0.29) is 28.1 Å². The quantitative estimate of drug-likeness (QED) is 0.387. The lowest BCUT2D eigenvalue weighted by molar-refractivity contribution is -0.143. The van der Waals surface area contributed by atoms with Crippen molar-refractivity contribution in [3.05, 3.63) is 68.3 Å². The monoisotopic (exact) mass is 468 g/mol. The zero-order valence-corrected chi connectivity index (χ0v) is 17.8. The van der Waals surface area contributed by atoms with Crippen molar-refractivity contribution in [2.75, 3.05) is 13.7 Å². The number of halogens is 3. The molecule has 0 saturated carbocycles. The van der Waals surface area contributed by atoms with Gasteiger partial charge in [0.05, 0.1) is 17.2 Å². The number of nitrogens with one attached hydrogen (secondary N) is 1. The minimum atomic E-state index is -0.728. The van der Waals surface area contributed by atoms with Crippen molar-refractivity contribution in [2.24, 2.45) is 0 Å². The summed E-state index contributed by atoms with van der Waals surface area (Å²) in [5, 5.41) is 3.38. The number of imide groups is 1. The fraction of sp³-hybridized carbons (Fsp3) is 0.150. The Labute approximate surface area is 187 Å². The second-order valence-corrected chi connectivity index (χ2v) is 7.37. The molecule has 7 nitrogen and oxygen atoms in total. The number of ether oxygens (including phenoxy) is 2. The van der Waals surface area contributed by atoms with Gasteiger partial charge in [0.25, 0.3) is 5.91 Å². The average Bonchev–Trinajstić information content (AvgIpc) is 2.95. The van der Waals surface area contributed by atoms with Crippen LogP contribution in [0.25, 0.3) is 6.08 Å². The number of urea groups is 1. The first-order chi connectivity index (χ1) is 14.3. The van der Waals surface area contributed by atoms with Gasteiger partial charge in [-0.25, -0.2) is 9.69 Å². The summed E-state index contributed by atoms with van der Waals surface area (Å²) in [7, 11) is 1.16. The molecule has 1 fully saturated rings. The van der Waals surface area contributed by atoms with E-state index in [4.69, 9.17) is 39.5 Å². The minimum Gasteiger partial charge on any atom is -0.486 e. The van der Waals surface area contributed by atoms with E-state index in [1.807, 2.05) is 18.2 Å². The van der Waals surface area contributed by atoms with E-state index >= 15 is 0 Å². The Kier molecular flexibility index (Phi) is 6.87. The smallest absolute Gasteiger partial charge is 0.329 e. The van der Waals surface area contributed by atoms with Gasteiger partial charge in [-0.2, -0.15) is 0 Å². The average molecular weight is 470 g/mol. The van der Waals surface area contributed by atoms with Crippen LogP contribution in [0.2, 0.25) is 15.1 Å². The Morgan fingerprint density at radius 2 is 1.77 bits per heavy atom. The van der Waals surface area contributed by atoms with Crippen LogP contribution < -0.4 is 10.1 Å². The number of methoxy groups -OCH3 is 1. The summed E-state index contributed by atoms with van der Waals surface area (Å²) in [6.07, 6.45) is 1.40. The lowest BCUT2D eigenvalue weighted by Gasteiger charge is -2.12. The third-order valence-corrected chi connectivity index (χ3v) is 5.07. The van der Waals surface area contributed by atoms with Crippen LogP contribution in [0.4, 0.5) is 4.79 Å². The Morgan fingerprint density at radius 1 is 1.10 bits per heavy atom. The zero-order chi connectivity index (χ0) is 21.8. The number of nitrogens with zero attached hydrogens (tertiary/aromatic N) is 1. The van der Waals surface area contributed by atoms with Crippen LogP contribution >= 0.6 is 34.8 Å². The van der Waals surface area contributed by atoms with Crippen LogP contribution in [0.3, 0.4) is 0 Å². The molecule has 0 aromatic heterocycles. The Bertz CT molecular complexity index is 1030. The Hall–Kier alpha value is -2.74. The number of rotatable bonds is 6. The van der Waals surface area contributed by atoms with Gasteiger partial charge in [0.1, 0.15) is 18.8 Å². The molecule has 0 aliphatic carbocycles. The van der Waals surface area contributed by atoms with Gasteiger partial charge in [-0.05, 0) is 29.8 Å². The molecule has 30 heavy (non-hydrogen) atoms. The number of benzene rings is 2. The van der Waals surface area contributed by atoms with E-state index < -0.39 is 24.5 Å². The molecule has 1 N–H and O–H groups in total. The third-order valence-electron chi connectivity index (χ3n) is 4.14. The topological polar surface area (TPSA) is 84.9 Å². The minimum absolute atomic E-state index is 0.0271. The van der Waals surface area contributed by atoms with E-state index in [1.54, 1.807) is 6.07 Å². The molecule has 1 aliphatic heterocycles. The first-order valence-electron chi connectivity index (χ1n) is 8.56. The second-order valence-electron chi connectivity index (χ2n) is 6.15. The van der Waals surface area contributed by atoms with Crippen LogP contribution in [0.5, 0.6) is 5.75 Å². The van der Waals surface area contributed by atoms with Gasteiger partial charge >= 0.3 is 12.0 Å². The van der Waals surface area contributed by atoms with Gasteiger partial charge in [-0.15, -0.1) is 0 Å². The molecule has 156 valence electrons. The molecular formula is C20H15Cl3N2O5. The Balaban J connectivity index is 1.78. The highest BCUT2D eigenvalue weighted by Gasteiger charge is 2.35. The highest BCUT2D eigenvalue weighted by Crippen LogP contribution is 2.36. The first kappa shape index (κ1) is 22.0. The maximum absolute atomic E-state index is 12.4. The predicted octanol–water partition coefficient (Wildman–Crippen LogP) is 4.29. The van der Waals surface area contributed by atoms with Gasteiger partial charge in [0.15, 0.2) is 5.75 Å². The summed E-state index contributed by atoms with van der Waals surface area (Å²) in [6, 6.07) is 9.54. The molecule has 0 radical (unpaired) electrons. The van der Waals surface area contributed by atoms with E-state index in [9.17, 15) is 14.4 Å². The van der Waals surface area contributed by atoms with Crippen molar-refractivity contribution < 1.29 is 23.9 Å². The van der Waals surface area contributed by atoms with E-state index in [0.717, 1.165) is 17.6 Å². The van der Waals surface area contributed by atoms with Crippen LogP contribution in [0.15, 0.2) is 42.1 Å². The fourth-order valence-corrected chi connectivity index (χ4v) is 3.44. The largest absolute Gasteiger partial charge is 0.486 e. The van der Waals surface area contributed by atoms with Crippen molar-refractivity contribution >= 4 is 58.8 Å². The highest BCUT2D eigenvalue weighted by atomic mass is 35.5. The number of hydrogen-bond donors (Lipinski definition) is 1. The third kappa shape index (κ3) is 4.87. The Morgan fingerprint density at radius 3 is 2.40 bits per heavy atom. The maximum Gasteiger partial charge on any atom is 0.329 e. The van der Waals surface area contributed by atoms with Gasteiger partial charge in [0, 0.05) is 10.6 Å². The zero-order valence-electron chi connectivity index (χ0n) is 15.6. The lowest BCUT2D eigenvalue weighted by atomic mass is 10.1. The molecule has 1 aliphatic rings. The van der Waals surface area contributed by atoms with Crippen molar-refractivity contribution in [1.82, 2.24) is 10.2 Å². The van der Waals surface area contributed by atoms with Gasteiger partial charge < -0.3 is 14.8 Å². The first-order valence-corrected chi connectivity index (χ1v) is 9.70. The van der Waals surface area contributed by atoms with Crippen LogP contribution in [-0.2, 0) is 20.9 Å². The molecule has 10 heteroatoms. The summed E-state index contributed by atoms with van der Waals surface area (Å²) in [5.74, 6) is -1.13. The summed E-state index contributed by atoms with van der Waals surface area (Å²) in [5.41, 5.74) is 1.20. The van der Waals surface area contributed by atoms with Crippen LogP contribution in [0, 0.1) is 0 Å². The lowest BCUT2D eigenvalue weighted by Crippen LogP contribution is -2.36. The molecule has 1 heterocycles. The highest BCUT2D eigenvalue weighted by molar-refractivity contribution is 6.37. The second kappa shape index (κ2) is 9.38. The van der Waals surface area contributed by atoms with Crippen molar-refractivity contribution in [1.29, 1.82) is 0 Å². The summed E-state index contributed by atoms with van der Waals surface area (Å²) < 4.78 is 10.2. The normalized spacial score (nSPS) is 14.8. The van der Waals surface area contributed by atoms with Crippen molar-refractivity contribution in [2.45, 2.75) is 6.61 Å². The predicted molar refractivity (Wildman–Crippen MR) is 112 cm³/mol. The molecule has 2 aromatic carbocycles. The number of amides is 3. The standard InChI is InChI=1S/C20H15Cl3N2O5/c1-29-17(26)9-25-19(27)16(24-20(25)28)8-11-6-14(22)18(15(23)7-11)30-10-12-4-2-3-5-13(12)21/h2-8H,9-10H2,1H3,(H,24,28)/b16-8+. The summed E-state index contributed by atoms with van der Waals surface area (Å²) in [6.45, 7) is -0.328. The van der Waals surface area contributed by atoms with Gasteiger partial charge in [-0.3, -0.25) is 9.59 Å². The summed E-state index contributed by atoms with van der Waals surface area (Å²) >= 11 is 18.7. The van der Waals surface area contributed by atoms with E-state index in [0.29, 0.717) is 10.6 Å². The maximum atomic E-state index is 12.4. The molecule has 1 saturated heterocycles. The van der Waals surface area contributed by atoms with Crippen molar-refractivity contribution in [3.63, 3.8) is 0 Å². The molecule has 0 bridgehead atoms. The number of hydrogen-bond acceptors (Lipinski definition) is 5. The number of carbonyl (C=O) groups is 3. The molecule has 0 spiro atoms. The molecule has 3 amide bonds.